The molecule has 4 aliphatic rings. The number of carbonyl (C=O) groups excluding carboxylic acids is 4. The third-order valence-electron chi connectivity index (χ3n) is 11.4. The first-order chi connectivity index (χ1) is 18.5. The summed E-state index contributed by atoms with van der Waals surface area (Å²) in [5.41, 5.74) is -1.71. The zero-order valence-electron chi connectivity index (χ0n) is 26.0. The quantitative estimate of drug-likeness (QED) is 0.272. The molecule has 0 bridgehead atoms. The number of ketones is 1. The summed E-state index contributed by atoms with van der Waals surface area (Å²) in [4.78, 5) is 51.4. The molecule has 0 spiro atoms. The molecule has 4 aliphatic carbocycles. The lowest BCUT2D eigenvalue weighted by atomic mass is 9.44. The van der Waals surface area contributed by atoms with Gasteiger partial charge in [-0.2, -0.15) is 0 Å². The molecule has 0 N–H and O–H groups in total. The van der Waals surface area contributed by atoms with Crippen LogP contribution in [0, 0.1) is 40.4 Å². The zero-order chi connectivity index (χ0) is 29.7. The van der Waals surface area contributed by atoms with Gasteiger partial charge in [0.05, 0.1) is 6.54 Å². The van der Waals surface area contributed by atoms with E-state index in [-0.39, 0.29) is 27.6 Å². The van der Waals surface area contributed by atoms with Gasteiger partial charge in [0, 0.05) is 10.2 Å². The molecule has 4 fully saturated rings. The highest BCUT2D eigenvalue weighted by atomic mass is 16.6. The number of carbonyl (C=O) groups is 4. The molecule has 0 aromatic heterocycles. The average molecular weight is 568 g/mol. The number of rotatable bonds is 8. The molecule has 0 aromatic carbocycles. The maximum atomic E-state index is 12.8. The van der Waals surface area contributed by atoms with Crippen LogP contribution < -0.4 is 0 Å². The molecule has 0 aromatic rings. The van der Waals surface area contributed by atoms with Crippen molar-refractivity contribution in [3.63, 3.8) is 0 Å². The second kappa shape index (κ2) is 11.0. The van der Waals surface area contributed by atoms with Gasteiger partial charge in [-0.25, -0.2) is 9.59 Å². The Bertz CT molecular complexity index is 1040. The van der Waals surface area contributed by atoms with Gasteiger partial charge >= 0.3 is 17.9 Å². The smallest absolute Gasteiger partial charge is 0.350 e. The van der Waals surface area contributed by atoms with Gasteiger partial charge in [-0.3, -0.25) is 14.5 Å². The summed E-state index contributed by atoms with van der Waals surface area (Å²) >= 11 is 0. The van der Waals surface area contributed by atoms with Crippen molar-refractivity contribution in [3.05, 3.63) is 0 Å². The van der Waals surface area contributed by atoms with Gasteiger partial charge in [-0.15, -0.1) is 0 Å². The summed E-state index contributed by atoms with van der Waals surface area (Å²) < 4.78 is 16.4. The molecule has 8 atom stereocenters. The summed E-state index contributed by atoms with van der Waals surface area (Å²) in [5.74, 6) is 1.17. The molecule has 0 aliphatic heterocycles. The number of ether oxygens (including phenoxy) is 3. The maximum Gasteiger partial charge on any atom is 0.350 e. The van der Waals surface area contributed by atoms with Crippen LogP contribution in [0.25, 0.3) is 0 Å². The number of Topliss-reactive ketones (excluding diaryl/α,β-unsaturated/α-hetero) is 1. The molecule has 3 unspecified atom stereocenters. The molecule has 8 heteroatoms. The predicted octanol–water partition coefficient (Wildman–Crippen LogP) is 5.70. The number of hydrogen-bond donors (Lipinski definition) is 0. The summed E-state index contributed by atoms with van der Waals surface area (Å²) in [5, 5.41) is 0. The van der Waals surface area contributed by atoms with E-state index in [0.29, 0.717) is 29.5 Å². The van der Waals surface area contributed by atoms with Crippen LogP contribution in [-0.2, 0) is 33.4 Å². The van der Waals surface area contributed by atoms with Crippen LogP contribution in [-0.4, -0.2) is 67.0 Å². The standard InChI is InChI=1S/C32H51NO7.3H2/c1-20(34)23-11-12-24-22-10-9-21-17-30(4,15-16-31(21,5)25(22)13-14-32(23,24)6)40-27(36)19-38-28(37)29(2,3)39-26(35)18-33(7)8;;;/h21-25H,9-19H2,1-8H3;3*1H/t21?,22-,23+,24?,25?,30+,31-,32+;;;/m0.../s1. The van der Waals surface area contributed by atoms with E-state index in [1.54, 1.807) is 25.9 Å². The third kappa shape index (κ3) is 5.84. The first-order valence-electron chi connectivity index (χ1n) is 15.3. The van der Waals surface area contributed by atoms with Gasteiger partial charge in [-0.05, 0) is 134 Å². The first kappa shape index (κ1) is 31.0. The molecule has 4 rings (SSSR count). The fourth-order valence-electron chi connectivity index (χ4n) is 9.40. The van der Waals surface area contributed by atoms with Gasteiger partial charge in [0.15, 0.2) is 6.61 Å². The Kier molecular flexibility index (Phi) is 8.55. The Morgan fingerprint density at radius 1 is 0.875 bits per heavy atom. The van der Waals surface area contributed by atoms with E-state index in [9.17, 15) is 19.2 Å². The highest BCUT2D eigenvalue weighted by Gasteiger charge is 2.61. The highest BCUT2D eigenvalue weighted by molar-refractivity contribution is 5.85. The minimum atomic E-state index is -1.50. The molecule has 0 saturated heterocycles. The minimum Gasteiger partial charge on any atom is -0.457 e. The third-order valence-corrected chi connectivity index (χ3v) is 11.4. The minimum absolute atomic E-state index is 0. The second-order valence-corrected chi connectivity index (χ2v) is 14.9. The van der Waals surface area contributed by atoms with Crippen LogP contribution in [0.1, 0.15) is 104 Å². The van der Waals surface area contributed by atoms with Crippen molar-refractivity contribution in [3.8, 4) is 0 Å². The molecule has 232 valence electrons. The van der Waals surface area contributed by atoms with Crippen molar-refractivity contribution in [1.29, 1.82) is 0 Å². The number of nitrogens with zero attached hydrogens (tertiary/aromatic N) is 1. The van der Waals surface area contributed by atoms with Crippen molar-refractivity contribution in [2.75, 3.05) is 27.2 Å². The molecule has 0 amide bonds. The van der Waals surface area contributed by atoms with Crippen molar-refractivity contribution in [2.45, 2.75) is 111 Å². The lowest BCUT2D eigenvalue weighted by molar-refractivity contribution is -0.191. The van der Waals surface area contributed by atoms with Gasteiger partial charge in [0.25, 0.3) is 0 Å². The molecule has 40 heavy (non-hydrogen) atoms. The number of esters is 3. The summed E-state index contributed by atoms with van der Waals surface area (Å²) in [7, 11) is 3.46. The Labute approximate surface area is 244 Å². The van der Waals surface area contributed by atoms with E-state index in [1.807, 2.05) is 6.92 Å². The fraction of sp³-hybridized carbons (Fsp3) is 0.875. The van der Waals surface area contributed by atoms with Gasteiger partial charge in [0.1, 0.15) is 11.4 Å². The SMILES string of the molecule is CC(=O)[C@H]1CCC2[C@@H]3CCC4C[C@](C)(OC(=O)COC(=O)C(C)(C)OC(=O)CN(C)C)CC[C@]4(C)C3CC[C@@]21C.[HH].[HH].[HH]. The van der Waals surface area contributed by atoms with Crippen molar-refractivity contribution >= 4 is 23.7 Å². The topological polar surface area (TPSA) is 99.2 Å². The Hall–Kier alpha value is -1.96. The predicted molar refractivity (Wildman–Crippen MR) is 156 cm³/mol. The lowest BCUT2D eigenvalue weighted by Gasteiger charge is -2.62. The molecular weight excluding hydrogens is 510 g/mol. The maximum absolute atomic E-state index is 12.8. The van der Waals surface area contributed by atoms with E-state index in [2.05, 4.69) is 13.8 Å². The van der Waals surface area contributed by atoms with Crippen LogP contribution in [0.15, 0.2) is 0 Å². The second-order valence-electron chi connectivity index (χ2n) is 14.9. The Morgan fingerprint density at radius 2 is 1.55 bits per heavy atom. The van der Waals surface area contributed by atoms with E-state index in [4.69, 9.17) is 14.2 Å². The number of fused-ring (bicyclic) bond motifs is 5. The van der Waals surface area contributed by atoms with Crippen LogP contribution in [0.5, 0.6) is 0 Å². The highest BCUT2D eigenvalue weighted by Crippen LogP contribution is 2.68. The molecule has 8 nitrogen and oxygen atoms in total. The Balaban J connectivity index is 0.00000308. The van der Waals surface area contributed by atoms with Crippen LogP contribution in [0.4, 0.5) is 0 Å². The molecular formula is C32H57NO7. The molecule has 0 heterocycles. The number of likely N-dealkylation sites (N-methyl/N-ethyl adjacent to an activating group) is 1. The van der Waals surface area contributed by atoms with E-state index >= 15 is 0 Å². The lowest BCUT2D eigenvalue weighted by Crippen LogP contribution is -2.56. The molecule has 0 radical (unpaired) electrons. The summed E-state index contributed by atoms with van der Waals surface area (Å²) in [6.45, 7) is 11.1. The Morgan fingerprint density at radius 3 is 2.20 bits per heavy atom. The summed E-state index contributed by atoms with van der Waals surface area (Å²) in [6.07, 6.45) is 9.50. The monoisotopic (exact) mass is 567 g/mol. The van der Waals surface area contributed by atoms with Crippen molar-refractivity contribution < 1.29 is 37.7 Å². The van der Waals surface area contributed by atoms with Gasteiger partial charge in [0.2, 0.25) is 5.60 Å². The van der Waals surface area contributed by atoms with Gasteiger partial charge in [-0.1, -0.05) is 13.8 Å². The van der Waals surface area contributed by atoms with E-state index < -0.39 is 35.7 Å². The average Bonchev–Trinajstić information content (AvgIpc) is 3.19. The van der Waals surface area contributed by atoms with Crippen LogP contribution in [0.3, 0.4) is 0 Å². The van der Waals surface area contributed by atoms with E-state index in [1.165, 1.54) is 33.1 Å². The van der Waals surface area contributed by atoms with Crippen LogP contribution in [0.2, 0.25) is 0 Å². The molecule has 4 saturated carbocycles. The largest absolute Gasteiger partial charge is 0.457 e. The zero-order valence-corrected chi connectivity index (χ0v) is 26.0. The summed E-state index contributed by atoms with van der Waals surface area (Å²) in [6, 6.07) is 0. The van der Waals surface area contributed by atoms with Crippen LogP contribution >= 0.6 is 0 Å². The fourth-order valence-corrected chi connectivity index (χ4v) is 9.40. The first-order valence-corrected chi connectivity index (χ1v) is 15.3. The van der Waals surface area contributed by atoms with E-state index in [0.717, 1.165) is 38.5 Å². The van der Waals surface area contributed by atoms with Crippen molar-refractivity contribution in [2.24, 2.45) is 40.4 Å². The van der Waals surface area contributed by atoms with Crippen molar-refractivity contribution in [1.82, 2.24) is 4.90 Å². The van der Waals surface area contributed by atoms with Gasteiger partial charge < -0.3 is 14.2 Å². The normalized spacial score (nSPS) is 39.0. The number of hydrogen-bond acceptors (Lipinski definition) is 8.